The summed E-state index contributed by atoms with van der Waals surface area (Å²) in [6.45, 7) is 7.16. The number of nitrogens with zero attached hydrogens (tertiary/aromatic N) is 1. The van der Waals surface area contributed by atoms with Gasteiger partial charge in [0.2, 0.25) is 0 Å². The number of rotatable bonds is 15. The minimum Gasteiger partial charge on any atom is -0.493 e. The molecule has 0 saturated heterocycles. The predicted molar refractivity (Wildman–Crippen MR) is 137 cm³/mol. The Balaban J connectivity index is 0.00000900. The maximum Gasteiger partial charge on any atom is 0.305 e. The summed E-state index contributed by atoms with van der Waals surface area (Å²) in [5.74, 6) is 1.57. The van der Waals surface area contributed by atoms with Crippen LogP contribution in [0.1, 0.15) is 56.6 Å². The van der Waals surface area contributed by atoms with Gasteiger partial charge < -0.3 is 24.8 Å². The van der Waals surface area contributed by atoms with Crippen molar-refractivity contribution in [3.8, 4) is 5.75 Å². The van der Waals surface area contributed by atoms with E-state index in [4.69, 9.17) is 14.2 Å². The second-order valence-electron chi connectivity index (χ2n) is 7.13. The third-order valence-corrected chi connectivity index (χ3v) is 4.55. The van der Waals surface area contributed by atoms with E-state index in [9.17, 15) is 4.79 Å². The molecule has 0 heterocycles. The van der Waals surface area contributed by atoms with Crippen LogP contribution in [0, 0.1) is 6.92 Å². The lowest BCUT2D eigenvalue weighted by Gasteiger charge is -2.15. The van der Waals surface area contributed by atoms with Gasteiger partial charge in [-0.3, -0.25) is 9.79 Å². The standard InChI is InChI=1S/C23H39N3O4.HI/c1-5-29-22(27)11-8-6-7-9-14-25-23(24-3)26-18-20-13-12-19(2)17-21(20)30-16-10-15-28-4;/h12-13,17H,5-11,14-16,18H2,1-4H3,(H2,24,25,26);1H. The number of esters is 1. The number of halogens is 1. The molecule has 0 bridgehead atoms. The zero-order valence-electron chi connectivity index (χ0n) is 19.5. The average Bonchev–Trinajstić information content (AvgIpc) is 2.74. The van der Waals surface area contributed by atoms with Crippen LogP contribution in [0.25, 0.3) is 0 Å². The molecule has 0 aliphatic rings. The summed E-state index contributed by atoms with van der Waals surface area (Å²) in [4.78, 5) is 15.6. The van der Waals surface area contributed by atoms with E-state index in [0.29, 0.717) is 32.8 Å². The Morgan fingerprint density at radius 1 is 1.06 bits per heavy atom. The van der Waals surface area contributed by atoms with Crippen LogP contribution in [0.4, 0.5) is 0 Å². The number of guanidine groups is 1. The summed E-state index contributed by atoms with van der Waals surface area (Å²) in [6.07, 6.45) is 5.38. The van der Waals surface area contributed by atoms with Gasteiger partial charge in [0.05, 0.1) is 13.2 Å². The number of carbonyl (C=O) groups is 1. The summed E-state index contributed by atoms with van der Waals surface area (Å²) in [7, 11) is 3.47. The number of ether oxygens (including phenoxy) is 3. The lowest BCUT2D eigenvalue weighted by Crippen LogP contribution is -2.37. The molecular weight excluding hydrogens is 509 g/mol. The molecule has 0 aliphatic heterocycles. The predicted octanol–water partition coefficient (Wildman–Crippen LogP) is 4.21. The fourth-order valence-electron chi connectivity index (χ4n) is 2.91. The highest BCUT2D eigenvalue weighted by Gasteiger charge is 2.06. The highest BCUT2D eigenvalue weighted by atomic mass is 127. The van der Waals surface area contributed by atoms with Crippen LogP contribution in [-0.4, -0.2) is 52.5 Å². The van der Waals surface area contributed by atoms with E-state index in [2.05, 4.69) is 40.7 Å². The molecule has 0 unspecified atom stereocenters. The highest BCUT2D eigenvalue weighted by molar-refractivity contribution is 14.0. The van der Waals surface area contributed by atoms with E-state index in [0.717, 1.165) is 55.9 Å². The molecule has 1 aromatic rings. The van der Waals surface area contributed by atoms with Crippen LogP contribution < -0.4 is 15.4 Å². The Morgan fingerprint density at radius 3 is 2.55 bits per heavy atom. The second kappa shape index (κ2) is 19.2. The number of benzene rings is 1. The third-order valence-electron chi connectivity index (χ3n) is 4.55. The molecule has 0 amide bonds. The smallest absolute Gasteiger partial charge is 0.305 e. The molecule has 7 nitrogen and oxygen atoms in total. The molecule has 8 heteroatoms. The van der Waals surface area contributed by atoms with Crippen molar-refractivity contribution in [2.45, 2.75) is 58.9 Å². The van der Waals surface area contributed by atoms with E-state index in [-0.39, 0.29) is 29.9 Å². The van der Waals surface area contributed by atoms with E-state index >= 15 is 0 Å². The van der Waals surface area contributed by atoms with E-state index in [1.807, 2.05) is 6.92 Å². The van der Waals surface area contributed by atoms with Crippen molar-refractivity contribution >= 4 is 35.9 Å². The Morgan fingerprint density at radius 2 is 1.84 bits per heavy atom. The molecule has 178 valence electrons. The van der Waals surface area contributed by atoms with Gasteiger partial charge in [-0.25, -0.2) is 0 Å². The molecule has 0 aromatic heterocycles. The SMILES string of the molecule is CCOC(=O)CCCCCCNC(=NC)NCc1ccc(C)cc1OCCCOC.I. The van der Waals surface area contributed by atoms with Gasteiger partial charge in [0, 0.05) is 52.3 Å². The molecule has 0 atom stereocenters. The van der Waals surface area contributed by atoms with E-state index in [1.165, 1.54) is 5.56 Å². The largest absolute Gasteiger partial charge is 0.493 e. The van der Waals surface area contributed by atoms with E-state index in [1.54, 1.807) is 14.2 Å². The Hall–Kier alpha value is -1.55. The number of hydrogen-bond donors (Lipinski definition) is 2. The van der Waals surface area contributed by atoms with Crippen molar-refractivity contribution < 1.29 is 19.0 Å². The van der Waals surface area contributed by atoms with Gasteiger partial charge in [0.25, 0.3) is 0 Å². The molecule has 2 N–H and O–H groups in total. The number of hydrogen-bond acceptors (Lipinski definition) is 5. The molecule has 0 spiro atoms. The highest BCUT2D eigenvalue weighted by Crippen LogP contribution is 2.20. The third kappa shape index (κ3) is 14.2. The van der Waals surface area contributed by atoms with Gasteiger partial charge in [0.15, 0.2) is 5.96 Å². The summed E-state index contributed by atoms with van der Waals surface area (Å²) < 4.78 is 16.0. The van der Waals surface area contributed by atoms with Gasteiger partial charge >= 0.3 is 5.97 Å². The molecular formula is C23H40IN3O4. The molecule has 31 heavy (non-hydrogen) atoms. The molecule has 0 aliphatic carbocycles. The summed E-state index contributed by atoms with van der Waals surface area (Å²) >= 11 is 0. The van der Waals surface area contributed by atoms with Crippen molar-refractivity contribution in [3.05, 3.63) is 29.3 Å². The lowest BCUT2D eigenvalue weighted by molar-refractivity contribution is -0.143. The molecule has 1 aromatic carbocycles. The van der Waals surface area contributed by atoms with Gasteiger partial charge in [0.1, 0.15) is 5.75 Å². The molecule has 1 rings (SSSR count). The zero-order chi connectivity index (χ0) is 22.0. The van der Waals surface area contributed by atoms with Crippen molar-refractivity contribution in [1.82, 2.24) is 10.6 Å². The van der Waals surface area contributed by atoms with Crippen LogP contribution in [0.2, 0.25) is 0 Å². The second-order valence-corrected chi connectivity index (χ2v) is 7.13. The lowest BCUT2D eigenvalue weighted by atomic mass is 10.1. The number of carbonyl (C=O) groups excluding carboxylic acids is 1. The van der Waals surface area contributed by atoms with Gasteiger partial charge in [-0.15, -0.1) is 24.0 Å². The first kappa shape index (κ1) is 29.5. The fourth-order valence-corrected chi connectivity index (χ4v) is 2.91. The topological polar surface area (TPSA) is 81.2 Å². The fraction of sp³-hybridized carbons (Fsp3) is 0.652. The first-order valence-electron chi connectivity index (χ1n) is 10.9. The maximum atomic E-state index is 11.3. The van der Waals surface area contributed by atoms with Crippen LogP contribution in [0.15, 0.2) is 23.2 Å². The van der Waals surface area contributed by atoms with Crippen molar-refractivity contribution in [3.63, 3.8) is 0 Å². The summed E-state index contributed by atoms with van der Waals surface area (Å²) in [5, 5.41) is 6.69. The number of aliphatic imine (C=N–C) groups is 1. The first-order valence-corrected chi connectivity index (χ1v) is 10.9. The minimum absolute atomic E-state index is 0. The van der Waals surface area contributed by atoms with Gasteiger partial charge in [-0.2, -0.15) is 0 Å². The van der Waals surface area contributed by atoms with Crippen LogP contribution in [-0.2, 0) is 20.8 Å². The number of unbranched alkanes of at least 4 members (excludes halogenated alkanes) is 3. The van der Waals surface area contributed by atoms with Crippen molar-refractivity contribution in [1.29, 1.82) is 0 Å². The van der Waals surface area contributed by atoms with Gasteiger partial charge in [-0.1, -0.05) is 25.0 Å². The average molecular weight is 549 g/mol. The normalized spacial score (nSPS) is 10.9. The number of nitrogens with one attached hydrogen (secondary N) is 2. The molecule has 0 saturated carbocycles. The first-order chi connectivity index (χ1) is 14.6. The van der Waals surface area contributed by atoms with Gasteiger partial charge in [-0.05, 0) is 38.3 Å². The van der Waals surface area contributed by atoms with Crippen LogP contribution >= 0.6 is 24.0 Å². The minimum atomic E-state index is -0.0987. The summed E-state index contributed by atoms with van der Waals surface area (Å²) in [6, 6.07) is 6.24. The molecule has 0 radical (unpaired) electrons. The Labute approximate surface area is 204 Å². The Bertz CT molecular complexity index is 641. The maximum absolute atomic E-state index is 11.3. The monoisotopic (exact) mass is 549 g/mol. The van der Waals surface area contributed by atoms with Crippen LogP contribution in [0.5, 0.6) is 5.75 Å². The Kier molecular flexibility index (Phi) is 18.2. The van der Waals surface area contributed by atoms with E-state index < -0.39 is 0 Å². The van der Waals surface area contributed by atoms with Crippen molar-refractivity contribution in [2.24, 2.45) is 4.99 Å². The number of aryl methyl sites for hydroxylation is 1. The number of methoxy groups -OCH3 is 1. The summed E-state index contributed by atoms with van der Waals surface area (Å²) in [5.41, 5.74) is 2.27. The van der Waals surface area contributed by atoms with Crippen molar-refractivity contribution in [2.75, 3.05) is 40.5 Å². The quantitative estimate of drug-likeness (QED) is 0.112. The zero-order valence-corrected chi connectivity index (χ0v) is 21.8. The molecule has 0 fully saturated rings. The van der Waals surface area contributed by atoms with Crippen LogP contribution in [0.3, 0.4) is 0 Å².